The van der Waals surface area contributed by atoms with Crippen molar-refractivity contribution in [2.45, 2.75) is 53.9 Å². The van der Waals surface area contributed by atoms with E-state index in [1.54, 1.807) is 0 Å². The Kier molecular flexibility index (Phi) is 23.7. The summed E-state index contributed by atoms with van der Waals surface area (Å²) in [6.45, 7) is 6.01. The van der Waals surface area contributed by atoms with Gasteiger partial charge in [-0.1, -0.05) is 27.7 Å². The Morgan fingerprint density at radius 3 is 1.85 bits per heavy atom. The molecule has 0 saturated carbocycles. The fourth-order valence-corrected chi connectivity index (χ4v) is 0.347. The summed E-state index contributed by atoms with van der Waals surface area (Å²) in [7, 11) is 0. The van der Waals surface area contributed by atoms with Gasteiger partial charge in [-0.25, -0.2) is 0 Å². The molecule has 2 heteroatoms. The lowest BCUT2D eigenvalue weighted by Crippen LogP contribution is -1.81. The van der Waals surface area contributed by atoms with Crippen LogP contribution in [0.2, 0.25) is 0 Å². The third-order valence-electron chi connectivity index (χ3n) is 1.47. The van der Waals surface area contributed by atoms with Crippen molar-refractivity contribution in [1.29, 1.82) is 10.5 Å². The molecule has 0 radical (unpaired) electrons. The zero-order valence-corrected chi connectivity index (χ0v) is 8.30. The van der Waals surface area contributed by atoms with Gasteiger partial charge in [-0.2, -0.15) is 10.5 Å². The van der Waals surface area contributed by atoms with Crippen LogP contribution in [-0.4, -0.2) is 0 Å². The summed E-state index contributed by atoms with van der Waals surface area (Å²) in [5.74, 6) is 0.241. The number of unbranched alkanes of at least 4 members (excludes halogenated alkanes) is 2. The Labute approximate surface area is 83.2 Å². The average Bonchev–Trinajstić information content (AvgIpc) is 2.14. The molecule has 0 heterocycles. The van der Waals surface area contributed by atoms with Gasteiger partial charge in [-0.3, -0.25) is 0 Å². The maximum Gasteiger partial charge on any atom is 0.0652 e. The molecule has 2 nitrogen and oxygen atoms in total. The van der Waals surface area contributed by atoms with Crippen molar-refractivity contribution < 1.29 is 0 Å². The minimum atomic E-state index is 0. The molecule has 0 aliphatic heterocycles. The molecule has 13 heavy (non-hydrogen) atoms. The molecule has 0 N–H and O–H groups in total. The van der Waals surface area contributed by atoms with Crippen molar-refractivity contribution in [3.8, 4) is 12.1 Å². The Morgan fingerprint density at radius 1 is 1.23 bits per heavy atom. The van der Waals surface area contributed by atoms with Crippen LogP contribution in [0.15, 0.2) is 0 Å². The van der Waals surface area contributed by atoms with Gasteiger partial charge < -0.3 is 0 Å². The molecule has 0 rings (SSSR count). The normalized spacial score (nSPS) is 9.31. The highest BCUT2D eigenvalue weighted by molar-refractivity contribution is 4.76. The van der Waals surface area contributed by atoms with Crippen LogP contribution < -0.4 is 0 Å². The van der Waals surface area contributed by atoms with E-state index in [0.29, 0.717) is 0 Å². The first kappa shape index (κ1) is 17.9. The predicted molar refractivity (Wildman–Crippen MR) is 56.9 cm³/mol. The van der Waals surface area contributed by atoms with Gasteiger partial charge in [0.15, 0.2) is 0 Å². The quantitative estimate of drug-likeness (QED) is 0.621. The SMILES string of the molecule is C.CCC(C)C#N.CCCCC#N. The lowest BCUT2D eigenvalue weighted by molar-refractivity contribution is 0.713. The molecule has 0 fully saturated rings. The van der Waals surface area contributed by atoms with Crippen LogP contribution in [0.3, 0.4) is 0 Å². The monoisotopic (exact) mass is 182 g/mol. The Hall–Kier alpha value is -1.02. The van der Waals surface area contributed by atoms with Gasteiger partial charge in [0.2, 0.25) is 0 Å². The second kappa shape index (κ2) is 17.2. The van der Waals surface area contributed by atoms with Crippen LogP contribution in [0.4, 0.5) is 0 Å². The minimum Gasteiger partial charge on any atom is -0.198 e. The fraction of sp³-hybridized carbons (Fsp3) is 0.818. The summed E-state index contributed by atoms with van der Waals surface area (Å²) in [6, 6.07) is 4.18. The molecule has 0 amide bonds. The Bertz CT molecular complexity index is 150. The summed E-state index contributed by atoms with van der Waals surface area (Å²) in [5.41, 5.74) is 0. The number of nitrogens with zero attached hydrogens (tertiary/aromatic N) is 2. The third-order valence-corrected chi connectivity index (χ3v) is 1.47. The third kappa shape index (κ3) is 24.8. The summed E-state index contributed by atoms with van der Waals surface area (Å²) >= 11 is 0. The van der Waals surface area contributed by atoms with E-state index in [9.17, 15) is 0 Å². The Morgan fingerprint density at radius 2 is 1.77 bits per heavy atom. The first-order valence-corrected chi connectivity index (χ1v) is 4.49. The average molecular weight is 182 g/mol. The molecule has 0 saturated heterocycles. The van der Waals surface area contributed by atoms with Gasteiger partial charge in [-0.05, 0) is 19.8 Å². The van der Waals surface area contributed by atoms with Crippen molar-refractivity contribution in [1.82, 2.24) is 0 Å². The molecule has 0 bridgehead atoms. The number of nitriles is 2. The Balaban J connectivity index is -0.000000143. The van der Waals surface area contributed by atoms with Crippen molar-refractivity contribution in [3.63, 3.8) is 0 Å². The number of hydrogen-bond donors (Lipinski definition) is 0. The minimum absolute atomic E-state index is 0. The van der Waals surface area contributed by atoms with Gasteiger partial charge in [0, 0.05) is 12.3 Å². The standard InChI is InChI=1S/2C5H9N.CH4/c1-3-5(2)4-6;1-2-3-4-5-6;/h5H,3H2,1-2H3;2-4H2,1H3;1H4. The van der Waals surface area contributed by atoms with Gasteiger partial charge in [0.25, 0.3) is 0 Å². The maximum absolute atomic E-state index is 8.08. The van der Waals surface area contributed by atoms with Crippen molar-refractivity contribution >= 4 is 0 Å². The van der Waals surface area contributed by atoms with Crippen molar-refractivity contribution in [3.05, 3.63) is 0 Å². The molecule has 1 atom stereocenters. The molecule has 0 aromatic heterocycles. The van der Waals surface area contributed by atoms with E-state index < -0.39 is 0 Å². The summed E-state index contributed by atoms with van der Waals surface area (Å²) in [6.07, 6.45) is 3.87. The van der Waals surface area contributed by atoms with E-state index in [4.69, 9.17) is 10.5 Å². The van der Waals surface area contributed by atoms with E-state index in [-0.39, 0.29) is 13.3 Å². The number of hydrogen-bond acceptors (Lipinski definition) is 2. The van der Waals surface area contributed by atoms with E-state index >= 15 is 0 Å². The molecule has 1 unspecified atom stereocenters. The molecule has 0 aliphatic carbocycles. The zero-order valence-electron chi connectivity index (χ0n) is 8.30. The maximum atomic E-state index is 8.08. The second-order valence-electron chi connectivity index (χ2n) is 2.70. The van der Waals surface area contributed by atoms with Crippen LogP contribution in [0.1, 0.15) is 53.9 Å². The highest BCUT2D eigenvalue weighted by atomic mass is 14.2. The lowest BCUT2D eigenvalue weighted by atomic mass is 10.2. The molecule has 0 aromatic rings. The van der Waals surface area contributed by atoms with Crippen LogP contribution in [0, 0.1) is 28.6 Å². The van der Waals surface area contributed by atoms with Crippen LogP contribution in [0.25, 0.3) is 0 Å². The van der Waals surface area contributed by atoms with Gasteiger partial charge in [0.1, 0.15) is 0 Å². The molecular weight excluding hydrogens is 160 g/mol. The molecule has 0 aromatic carbocycles. The fourth-order valence-electron chi connectivity index (χ4n) is 0.347. The molecule has 76 valence electrons. The summed E-state index contributed by atoms with van der Waals surface area (Å²) in [5, 5.41) is 16.0. The van der Waals surface area contributed by atoms with Gasteiger partial charge in [-0.15, -0.1) is 0 Å². The van der Waals surface area contributed by atoms with Crippen LogP contribution in [0.5, 0.6) is 0 Å². The summed E-state index contributed by atoms with van der Waals surface area (Å²) < 4.78 is 0. The van der Waals surface area contributed by atoms with Gasteiger partial charge in [0.05, 0.1) is 12.1 Å². The van der Waals surface area contributed by atoms with E-state index in [0.717, 1.165) is 25.7 Å². The molecule has 0 spiro atoms. The second-order valence-corrected chi connectivity index (χ2v) is 2.70. The first-order valence-electron chi connectivity index (χ1n) is 4.49. The predicted octanol–water partition coefficient (Wildman–Crippen LogP) is 3.89. The molecule has 0 aliphatic rings. The van der Waals surface area contributed by atoms with Crippen molar-refractivity contribution in [2.24, 2.45) is 5.92 Å². The van der Waals surface area contributed by atoms with Crippen molar-refractivity contribution in [2.75, 3.05) is 0 Å². The first-order chi connectivity index (χ1) is 5.72. The highest BCUT2D eigenvalue weighted by Gasteiger charge is 1.88. The topological polar surface area (TPSA) is 47.6 Å². The van der Waals surface area contributed by atoms with E-state index in [1.165, 1.54) is 0 Å². The molecular formula is C11H22N2. The smallest absolute Gasteiger partial charge is 0.0652 e. The van der Waals surface area contributed by atoms with Crippen LogP contribution >= 0.6 is 0 Å². The van der Waals surface area contributed by atoms with Crippen LogP contribution in [-0.2, 0) is 0 Å². The summed E-state index contributed by atoms with van der Waals surface area (Å²) in [4.78, 5) is 0. The lowest BCUT2D eigenvalue weighted by Gasteiger charge is -1.87. The van der Waals surface area contributed by atoms with Gasteiger partial charge >= 0.3 is 0 Å². The zero-order chi connectivity index (χ0) is 9.82. The highest BCUT2D eigenvalue weighted by Crippen LogP contribution is 1.94. The van der Waals surface area contributed by atoms with E-state index in [1.807, 2.05) is 13.8 Å². The van der Waals surface area contributed by atoms with E-state index in [2.05, 4.69) is 19.1 Å². The largest absolute Gasteiger partial charge is 0.198 e. The number of rotatable bonds is 3.